The molecule has 0 aromatic heterocycles. The fourth-order valence-electron chi connectivity index (χ4n) is 4.81. The number of nitrogens with zero attached hydrogens (tertiary/aromatic N) is 2. The van der Waals surface area contributed by atoms with Gasteiger partial charge in [-0.1, -0.05) is 81.4 Å². The largest absolute Gasteiger partial charge is 0.519 e. The summed E-state index contributed by atoms with van der Waals surface area (Å²) in [7, 11) is 7.30. The summed E-state index contributed by atoms with van der Waals surface area (Å²) in [6.07, 6.45) is -0.120. The number of rotatable bonds is 16. The SMILES string of the molecule is C=C(OC(C)(C)C)O[Si](C)(C)C(C)(C)C.COC(OC)[C@H](C)N(C)Cc1ccccc1.CO[C@H](CC(=O)OC(C)(C)C)[C@H](C)N(C)Cc1ccccc1. The molecular formula is C43H76N2O7Si. The second-order valence-corrected chi connectivity index (χ2v) is 21.9. The van der Waals surface area contributed by atoms with Crippen LogP contribution in [0.4, 0.5) is 0 Å². The van der Waals surface area contributed by atoms with Crippen LogP contribution in [-0.4, -0.2) is 95.2 Å². The molecule has 0 bridgehead atoms. The molecule has 0 unspecified atom stereocenters. The topological polar surface area (TPSA) is 78.9 Å². The van der Waals surface area contributed by atoms with Crippen molar-refractivity contribution < 1.29 is 32.9 Å². The number of carbonyl (C=O) groups is 1. The van der Waals surface area contributed by atoms with E-state index < -0.39 is 13.9 Å². The third-order valence-corrected chi connectivity index (χ3v) is 13.4. The molecule has 0 radical (unpaired) electrons. The van der Waals surface area contributed by atoms with Gasteiger partial charge in [0, 0.05) is 40.5 Å². The van der Waals surface area contributed by atoms with Gasteiger partial charge in [0.15, 0.2) is 6.29 Å². The molecule has 0 fully saturated rings. The van der Waals surface area contributed by atoms with Crippen LogP contribution in [0, 0.1) is 0 Å². The maximum atomic E-state index is 12.0. The summed E-state index contributed by atoms with van der Waals surface area (Å²) in [6, 6.07) is 21.0. The molecule has 2 aromatic carbocycles. The normalized spacial score (nSPS) is 14.0. The zero-order valence-corrected chi connectivity index (χ0v) is 37.7. The van der Waals surface area contributed by atoms with Crippen LogP contribution in [0.1, 0.15) is 93.7 Å². The fraction of sp³-hybridized carbons (Fsp3) is 0.651. The molecule has 53 heavy (non-hydrogen) atoms. The zero-order valence-electron chi connectivity index (χ0n) is 36.7. The summed E-state index contributed by atoms with van der Waals surface area (Å²) in [5.41, 5.74) is 1.83. The number of methoxy groups -OCH3 is 3. The molecule has 10 heteroatoms. The van der Waals surface area contributed by atoms with E-state index in [9.17, 15) is 4.79 Å². The minimum absolute atomic E-state index is 0.109. The van der Waals surface area contributed by atoms with E-state index in [4.69, 9.17) is 28.1 Å². The van der Waals surface area contributed by atoms with E-state index >= 15 is 0 Å². The van der Waals surface area contributed by atoms with Crippen LogP contribution in [-0.2, 0) is 46.0 Å². The molecule has 0 amide bonds. The van der Waals surface area contributed by atoms with Gasteiger partial charge in [-0.3, -0.25) is 14.6 Å². The molecule has 9 nitrogen and oxygen atoms in total. The van der Waals surface area contributed by atoms with E-state index in [1.54, 1.807) is 21.3 Å². The van der Waals surface area contributed by atoms with Crippen molar-refractivity contribution in [1.29, 1.82) is 0 Å². The third kappa shape index (κ3) is 21.7. The zero-order chi connectivity index (χ0) is 41.2. The van der Waals surface area contributed by atoms with Crippen molar-refractivity contribution in [1.82, 2.24) is 9.80 Å². The lowest BCUT2D eigenvalue weighted by Gasteiger charge is -2.37. The van der Waals surface area contributed by atoms with Crippen molar-refractivity contribution in [3.05, 3.63) is 84.3 Å². The average Bonchev–Trinajstić information content (AvgIpc) is 3.03. The van der Waals surface area contributed by atoms with Crippen LogP contribution in [0.25, 0.3) is 0 Å². The van der Waals surface area contributed by atoms with E-state index in [0.717, 1.165) is 13.1 Å². The highest BCUT2D eigenvalue weighted by molar-refractivity contribution is 6.74. The van der Waals surface area contributed by atoms with Crippen LogP contribution in [0.5, 0.6) is 0 Å². The van der Waals surface area contributed by atoms with Crippen LogP contribution in [0.3, 0.4) is 0 Å². The first-order valence-electron chi connectivity index (χ1n) is 18.6. The van der Waals surface area contributed by atoms with Gasteiger partial charge in [-0.25, -0.2) is 0 Å². The van der Waals surface area contributed by atoms with Gasteiger partial charge in [-0.05, 0) is 105 Å². The second kappa shape index (κ2) is 23.2. The standard InChI is InChI=1S/C18H29NO3.C13H21NO2.C12H26O2Si/c1-14(19(5)13-15-10-8-7-9-11-15)16(21-6)12-17(20)22-18(2,3)4;1-11(13(15-3)16-4)14(2)10-12-8-6-5-7-9-12;1-10(13-11(2,3)4)14-15(8,9)12(5,6)7/h7-11,14,16H,12-13H2,1-6H3;5-9,11,13H,10H2,1-4H3;1H2,2-9H3/t14-,16+;11-;/m00./s1. The van der Waals surface area contributed by atoms with Crippen LogP contribution >= 0.6 is 0 Å². The first kappa shape index (κ1) is 50.3. The molecule has 0 N–H and O–H groups in total. The summed E-state index contributed by atoms with van der Waals surface area (Å²) in [5, 5.41) is 0.178. The fourth-order valence-corrected chi connectivity index (χ4v) is 5.73. The van der Waals surface area contributed by atoms with Gasteiger partial charge in [0.25, 0.3) is 14.3 Å². The second-order valence-electron chi connectivity index (χ2n) is 17.1. The van der Waals surface area contributed by atoms with Crippen molar-refractivity contribution in [2.45, 2.75) is 149 Å². The van der Waals surface area contributed by atoms with E-state index in [1.165, 1.54) is 11.1 Å². The van der Waals surface area contributed by atoms with E-state index in [1.807, 2.05) is 72.9 Å². The van der Waals surface area contributed by atoms with Gasteiger partial charge in [-0.15, -0.1) is 0 Å². The highest BCUT2D eigenvalue weighted by atomic mass is 28.4. The molecule has 0 saturated heterocycles. The summed E-state index contributed by atoms with van der Waals surface area (Å²) in [4.78, 5) is 16.4. The Morgan fingerprint density at radius 2 is 1.08 bits per heavy atom. The van der Waals surface area contributed by atoms with Crippen molar-refractivity contribution in [3.63, 3.8) is 0 Å². The van der Waals surface area contributed by atoms with Crippen LogP contribution in [0.2, 0.25) is 18.1 Å². The Kier molecular flexibility index (Phi) is 22.0. The Hall–Kier alpha value is -2.73. The van der Waals surface area contributed by atoms with Crippen molar-refractivity contribution in [2.75, 3.05) is 35.4 Å². The maximum absolute atomic E-state index is 12.0. The van der Waals surface area contributed by atoms with Gasteiger partial charge in [0.2, 0.25) is 0 Å². The Morgan fingerprint density at radius 1 is 0.679 bits per heavy atom. The first-order valence-corrected chi connectivity index (χ1v) is 21.5. The summed E-state index contributed by atoms with van der Waals surface area (Å²) >= 11 is 0. The molecule has 2 rings (SSSR count). The number of benzene rings is 2. The molecule has 3 atom stereocenters. The molecule has 0 heterocycles. The Morgan fingerprint density at radius 3 is 1.42 bits per heavy atom. The molecule has 0 aliphatic heterocycles. The minimum atomic E-state index is -1.79. The Balaban J connectivity index is 0.000000785. The van der Waals surface area contributed by atoms with E-state index in [0.29, 0.717) is 5.95 Å². The van der Waals surface area contributed by atoms with Crippen molar-refractivity contribution in [2.24, 2.45) is 0 Å². The molecule has 0 saturated carbocycles. The predicted molar refractivity (Wildman–Crippen MR) is 222 cm³/mol. The number of esters is 1. The highest BCUT2D eigenvalue weighted by Gasteiger charge is 2.40. The number of hydrogen-bond acceptors (Lipinski definition) is 9. The molecule has 0 aliphatic rings. The van der Waals surface area contributed by atoms with Gasteiger partial charge in [0.1, 0.15) is 11.2 Å². The van der Waals surface area contributed by atoms with E-state index in [2.05, 4.69) is 108 Å². The lowest BCUT2D eigenvalue weighted by atomic mass is 10.1. The summed E-state index contributed by atoms with van der Waals surface area (Å²) in [5.74, 6) is 0.230. The van der Waals surface area contributed by atoms with Crippen LogP contribution in [0.15, 0.2) is 73.2 Å². The average molecular weight is 761 g/mol. The molecule has 0 aliphatic carbocycles. The van der Waals surface area contributed by atoms with Crippen molar-refractivity contribution >= 4 is 14.3 Å². The molecular weight excluding hydrogens is 685 g/mol. The summed E-state index contributed by atoms with van der Waals surface area (Å²) < 4.78 is 32.9. The molecule has 2 aromatic rings. The highest BCUT2D eigenvalue weighted by Crippen LogP contribution is 2.38. The van der Waals surface area contributed by atoms with Crippen LogP contribution < -0.4 is 0 Å². The molecule has 304 valence electrons. The molecule has 0 spiro atoms. The van der Waals surface area contributed by atoms with Gasteiger partial charge in [0.05, 0.1) is 18.6 Å². The van der Waals surface area contributed by atoms with Gasteiger partial charge >= 0.3 is 5.97 Å². The Labute approximate surface area is 325 Å². The first-order chi connectivity index (χ1) is 24.3. The maximum Gasteiger partial charge on any atom is 0.309 e. The summed E-state index contributed by atoms with van der Waals surface area (Å²) in [6.45, 7) is 32.3. The lowest BCUT2D eigenvalue weighted by Crippen LogP contribution is -2.41. The van der Waals surface area contributed by atoms with Gasteiger partial charge in [-0.2, -0.15) is 0 Å². The smallest absolute Gasteiger partial charge is 0.309 e. The third-order valence-electron chi connectivity index (χ3n) is 9.02. The lowest BCUT2D eigenvalue weighted by molar-refractivity contribution is -0.158. The van der Waals surface area contributed by atoms with Crippen molar-refractivity contribution in [3.8, 4) is 0 Å². The monoisotopic (exact) mass is 761 g/mol. The number of carbonyl (C=O) groups excluding carboxylic acids is 1. The Bertz CT molecular complexity index is 1280. The predicted octanol–water partition coefficient (Wildman–Crippen LogP) is 9.67. The minimum Gasteiger partial charge on any atom is -0.519 e. The van der Waals surface area contributed by atoms with E-state index in [-0.39, 0.29) is 47.5 Å². The number of hydrogen-bond donors (Lipinski definition) is 0. The number of likely N-dealkylation sites (N-methyl/N-ethyl adjacent to an activating group) is 2. The quantitative estimate of drug-likeness (QED) is 0.0720. The number of ether oxygens (including phenoxy) is 5. The van der Waals surface area contributed by atoms with Gasteiger partial charge < -0.3 is 28.1 Å².